The minimum Gasteiger partial charge on any atom is -0.393 e. The minimum absolute atomic E-state index is 0.0924. The van der Waals surface area contributed by atoms with Gasteiger partial charge in [0, 0.05) is 13.1 Å². The molecule has 0 aromatic rings. The van der Waals surface area contributed by atoms with Crippen molar-refractivity contribution in [2.45, 2.75) is 40.2 Å². The van der Waals surface area contributed by atoms with E-state index in [0.29, 0.717) is 13.1 Å². The summed E-state index contributed by atoms with van der Waals surface area (Å²) in [6, 6.07) is 0. The van der Waals surface area contributed by atoms with Gasteiger partial charge in [-0.3, -0.25) is 0 Å². The number of hydrogen-bond acceptors (Lipinski definition) is 3. The van der Waals surface area contributed by atoms with Crippen molar-refractivity contribution in [2.75, 3.05) is 18.8 Å². The fourth-order valence-corrected chi connectivity index (χ4v) is 4.12. The van der Waals surface area contributed by atoms with E-state index in [-0.39, 0.29) is 17.1 Å². The van der Waals surface area contributed by atoms with Crippen molar-refractivity contribution in [3.8, 4) is 0 Å². The van der Waals surface area contributed by atoms with E-state index in [4.69, 9.17) is 0 Å². The first-order valence-electron chi connectivity index (χ1n) is 5.78. The molecule has 1 heterocycles. The molecule has 0 aliphatic carbocycles. The number of hydrogen-bond donors (Lipinski definition) is 1. The van der Waals surface area contributed by atoms with Crippen LogP contribution in [-0.4, -0.2) is 42.8 Å². The lowest BCUT2D eigenvalue weighted by Gasteiger charge is -2.23. The van der Waals surface area contributed by atoms with Gasteiger partial charge in [-0.1, -0.05) is 20.8 Å². The molecule has 0 aromatic carbocycles. The standard InChI is InChI=1S/C11H23NO3S/c1-9(13)10-5-6-12(7-10)16(14,15)8-11(2,3)4/h9-10,13H,5-8H2,1-4H3. The molecule has 0 aromatic heterocycles. The van der Waals surface area contributed by atoms with E-state index >= 15 is 0 Å². The summed E-state index contributed by atoms with van der Waals surface area (Å²) in [7, 11) is -3.16. The second-order valence-electron chi connectivity index (χ2n) is 5.96. The molecule has 0 spiro atoms. The van der Waals surface area contributed by atoms with E-state index < -0.39 is 16.1 Å². The van der Waals surface area contributed by atoms with E-state index in [0.717, 1.165) is 6.42 Å². The van der Waals surface area contributed by atoms with Gasteiger partial charge >= 0.3 is 0 Å². The summed E-state index contributed by atoms with van der Waals surface area (Å²) in [5.74, 6) is 0.265. The van der Waals surface area contributed by atoms with Crippen molar-refractivity contribution in [3.05, 3.63) is 0 Å². The zero-order chi connectivity index (χ0) is 12.6. The predicted molar refractivity (Wildman–Crippen MR) is 64.6 cm³/mol. The molecule has 0 radical (unpaired) electrons. The highest BCUT2D eigenvalue weighted by Crippen LogP contribution is 2.26. The molecule has 16 heavy (non-hydrogen) atoms. The Morgan fingerprint density at radius 3 is 2.38 bits per heavy atom. The third kappa shape index (κ3) is 3.71. The lowest BCUT2D eigenvalue weighted by Crippen LogP contribution is -2.36. The van der Waals surface area contributed by atoms with Crippen molar-refractivity contribution in [1.29, 1.82) is 0 Å². The summed E-state index contributed by atoms with van der Waals surface area (Å²) in [4.78, 5) is 0. The zero-order valence-corrected chi connectivity index (χ0v) is 11.4. The largest absolute Gasteiger partial charge is 0.393 e. The molecular formula is C11H23NO3S. The maximum atomic E-state index is 12.1. The van der Waals surface area contributed by atoms with Crippen molar-refractivity contribution in [1.82, 2.24) is 4.31 Å². The average Bonchev–Trinajstić information content (AvgIpc) is 2.46. The zero-order valence-electron chi connectivity index (χ0n) is 10.6. The normalized spacial score (nSPS) is 25.9. The Morgan fingerprint density at radius 1 is 1.44 bits per heavy atom. The summed E-state index contributed by atoms with van der Waals surface area (Å²) in [5.41, 5.74) is -0.220. The van der Waals surface area contributed by atoms with Crippen molar-refractivity contribution < 1.29 is 13.5 Å². The molecule has 96 valence electrons. The molecule has 1 aliphatic rings. The Morgan fingerprint density at radius 2 is 2.00 bits per heavy atom. The first-order chi connectivity index (χ1) is 7.12. The summed E-state index contributed by atoms with van der Waals surface area (Å²) in [5, 5.41) is 9.45. The topological polar surface area (TPSA) is 57.6 Å². The van der Waals surface area contributed by atoms with Crippen molar-refractivity contribution >= 4 is 10.0 Å². The Hall–Kier alpha value is -0.130. The van der Waals surface area contributed by atoms with Crippen LogP contribution in [0.15, 0.2) is 0 Å². The molecule has 2 atom stereocenters. The molecule has 1 aliphatic heterocycles. The first kappa shape index (κ1) is 13.9. The summed E-state index contributed by atoms with van der Waals surface area (Å²) >= 11 is 0. The highest BCUT2D eigenvalue weighted by molar-refractivity contribution is 7.89. The fourth-order valence-electron chi connectivity index (χ4n) is 2.04. The van der Waals surface area contributed by atoms with Gasteiger partial charge in [0.25, 0.3) is 0 Å². The van der Waals surface area contributed by atoms with Crippen LogP contribution in [0.2, 0.25) is 0 Å². The molecule has 0 amide bonds. The SMILES string of the molecule is CC(O)C1CCN(S(=O)(=O)CC(C)(C)C)C1. The summed E-state index contributed by atoms with van der Waals surface area (Å²) in [6.07, 6.45) is 0.343. The molecule has 0 bridgehead atoms. The van der Waals surface area contributed by atoms with Crippen LogP contribution in [-0.2, 0) is 10.0 Å². The van der Waals surface area contributed by atoms with Gasteiger partial charge in [0.1, 0.15) is 0 Å². The van der Waals surface area contributed by atoms with Crippen molar-refractivity contribution in [2.24, 2.45) is 11.3 Å². The van der Waals surface area contributed by atoms with Gasteiger partial charge in [-0.25, -0.2) is 12.7 Å². The minimum atomic E-state index is -3.16. The second-order valence-corrected chi connectivity index (χ2v) is 7.93. The summed E-state index contributed by atoms with van der Waals surface area (Å²) in [6.45, 7) is 8.51. The second kappa shape index (κ2) is 4.63. The predicted octanol–water partition coefficient (Wildman–Crippen LogP) is 1.06. The average molecular weight is 249 g/mol. The lowest BCUT2D eigenvalue weighted by atomic mass is 10.0. The third-order valence-electron chi connectivity index (χ3n) is 2.88. The Bertz CT molecular complexity index is 330. The van der Waals surface area contributed by atoms with Gasteiger partial charge in [0.15, 0.2) is 0 Å². The van der Waals surface area contributed by atoms with E-state index in [1.54, 1.807) is 6.92 Å². The van der Waals surface area contributed by atoms with Gasteiger partial charge in [0.2, 0.25) is 10.0 Å². The van der Waals surface area contributed by atoms with Crippen LogP contribution >= 0.6 is 0 Å². The summed E-state index contributed by atoms with van der Waals surface area (Å²) < 4.78 is 25.6. The number of aliphatic hydroxyl groups excluding tert-OH is 1. The highest BCUT2D eigenvalue weighted by Gasteiger charge is 2.35. The van der Waals surface area contributed by atoms with Crippen LogP contribution in [0, 0.1) is 11.3 Å². The molecule has 1 N–H and O–H groups in total. The molecule has 1 saturated heterocycles. The molecular weight excluding hydrogens is 226 g/mol. The Labute approximate surface area is 98.7 Å². The highest BCUT2D eigenvalue weighted by atomic mass is 32.2. The molecule has 4 nitrogen and oxygen atoms in total. The van der Waals surface area contributed by atoms with Crippen LogP contribution in [0.1, 0.15) is 34.1 Å². The van der Waals surface area contributed by atoms with Gasteiger partial charge in [0.05, 0.1) is 11.9 Å². The van der Waals surface area contributed by atoms with Gasteiger partial charge in [-0.05, 0) is 24.7 Å². The monoisotopic (exact) mass is 249 g/mol. The van der Waals surface area contributed by atoms with Crippen LogP contribution in [0.25, 0.3) is 0 Å². The molecule has 0 saturated carbocycles. The van der Waals surface area contributed by atoms with Gasteiger partial charge in [-0.15, -0.1) is 0 Å². The molecule has 5 heteroatoms. The van der Waals surface area contributed by atoms with E-state index in [9.17, 15) is 13.5 Å². The number of sulfonamides is 1. The van der Waals surface area contributed by atoms with Crippen LogP contribution in [0.4, 0.5) is 0 Å². The van der Waals surface area contributed by atoms with Crippen molar-refractivity contribution in [3.63, 3.8) is 0 Å². The van der Waals surface area contributed by atoms with Crippen LogP contribution < -0.4 is 0 Å². The van der Waals surface area contributed by atoms with E-state index in [1.165, 1.54) is 4.31 Å². The number of aliphatic hydroxyl groups is 1. The Kier molecular flexibility index (Phi) is 4.03. The molecule has 2 unspecified atom stereocenters. The maximum Gasteiger partial charge on any atom is 0.214 e. The molecule has 1 fully saturated rings. The van der Waals surface area contributed by atoms with E-state index in [2.05, 4.69) is 0 Å². The van der Waals surface area contributed by atoms with Crippen LogP contribution in [0.3, 0.4) is 0 Å². The van der Waals surface area contributed by atoms with Crippen LogP contribution in [0.5, 0.6) is 0 Å². The smallest absolute Gasteiger partial charge is 0.214 e. The van der Waals surface area contributed by atoms with Gasteiger partial charge in [-0.2, -0.15) is 0 Å². The number of nitrogens with zero attached hydrogens (tertiary/aromatic N) is 1. The quantitative estimate of drug-likeness (QED) is 0.814. The lowest BCUT2D eigenvalue weighted by molar-refractivity contribution is 0.133. The van der Waals surface area contributed by atoms with E-state index in [1.807, 2.05) is 20.8 Å². The number of rotatable bonds is 3. The first-order valence-corrected chi connectivity index (χ1v) is 7.39. The van der Waals surface area contributed by atoms with Gasteiger partial charge < -0.3 is 5.11 Å². The molecule has 1 rings (SSSR count). The fraction of sp³-hybridized carbons (Fsp3) is 1.00. The Balaban J connectivity index is 2.66. The maximum absolute atomic E-state index is 12.1. The third-order valence-corrected chi connectivity index (χ3v) is 5.23.